The summed E-state index contributed by atoms with van der Waals surface area (Å²) in [6, 6.07) is 0.177. The molecular weight excluding hydrogens is 292 g/mol. The van der Waals surface area contributed by atoms with Crippen molar-refractivity contribution < 1.29 is 14.3 Å². The van der Waals surface area contributed by atoms with Crippen LogP contribution in [0.3, 0.4) is 0 Å². The van der Waals surface area contributed by atoms with Crippen molar-refractivity contribution in [2.45, 2.75) is 19.9 Å². The molecule has 0 spiro atoms. The number of aromatic nitrogens is 1. The molecule has 1 aromatic heterocycles. The van der Waals surface area contributed by atoms with Gasteiger partial charge in [-0.25, -0.2) is 4.79 Å². The molecule has 2 rings (SSSR count). The molecule has 1 unspecified atom stereocenters. The Morgan fingerprint density at radius 3 is 2.95 bits per heavy atom. The number of nitrogen functional groups attached to an aromatic ring is 1. The highest BCUT2D eigenvalue weighted by molar-refractivity contribution is 7.11. The number of rotatable bonds is 6. The van der Waals surface area contributed by atoms with Gasteiger partial charge in [-0.05, 0) is 25.4 Å². The van der Waals surface area contributed by atoms with Crippen LogP contribution in [0.4, 0.5) is 10.8 Å². The number of carbonyl (C=O) groups is 1. The Morgan fingerprint density at radius 2 is 2.29 bits per heavy atom. The summed E-state index contributed by atoms with van der Waals surface area (Å²) in [6.45, 7) is 8.44. The molecule has 21 heavy (non-hydrogen) atoms. The maximum Gasteiger partial charge on any atom is 0.344 e. The van der Waals surface area contributed by atoms with Crippen LogP contribution in [0, 0.1) is 0 Å². The number of hydrogen-bond donors (Lipinski definition) is 2. The van der Waals surface area contributed by atoms with Crippen molar-refractivity contribution in [1.29, 1.82) is 0 Å². The third-order valence-corrected chi connectivity index (χ3v) is 4.00. The Bertz CT molecular complexity index is 474. The van der Waals surface area contributed by atoms with Gasteiger partial charge in [-0.15, -0.1) is 0 Å². The fourth-order valence-corrected chi connectivity index (χ4v) is 3.06. The Labute approximate surface area is 128 Å². The van der Waals surface area contributed by atoms with Gasteiger partial charge in [0.1, 0.15) is 10.6 Å². The number of anilines is 2. The van der Waals surface area contributed by atoms with Crippen molar-refractivity contribution >= 4 is 28.3 Å². The molecule has 1 atom stereocenters. The highest BCUT2D eigenvalue weighted by Gasteiger charge is 2.22. The fraction of sp³-hybridized carbons (Fsp3) is 0.692. The zero-order valence-corrected chi connectivity index (χ0v) is 13.2. The van der Waals surface area contributed by atoms with E-state index in [1.54, 1.807) is 6.92 Å². The van der Waals surface area contributed by atoms with Crippen molar-refractivity contribution in [3.63, 3.8) is 0 Å². The lowest BCUT2D eigenvalue weighted by Crippen LogP contribution is -2.42. The molecular formula is C13H22N4O3S. The van der Waals surface area contributed by atoms with Gasteiger partial charge >= 0.3 is 5.97 Å². The van der Waals surface area contributed by atoms with E-state index < -0.39 is 5.97 Å². The molecule has 0 bridgehead atoms. The molecule has 1 aliphatic rings. The number of hydrogen-bond acceptors (Lipinski definition) is 8. The molecule has 1 aromatic rings. The molecule has 0 saturated carbocycles. The first-order valence-corrected chi connectivity index (χ1v) is 7.88. The molecule has 3 N–H and O–H groups in total. The van der Waals surface area contributed by atoms with Crippen LogP contribution in [-0.2, 0) is 9.47 Å². The van der Waals surface area contributed by atoms with Gasteiger partial charge in [-0.2, -0.15) is 4.37 Å². The van der Waals surface area contributed by atoms with Gasteiger partial charge in [0.25, 0.3) is 0 Å². The summed E-state index contributed by atoms with van der Waals surface area (Å²) in [7, 11) is 0. The highest BCUT2D eigenvalue weighted by atomic mass is 32.1. The summed E-state index contributed by atoms with van der Waals surface area (Å²) in [5.74, 6) is -0.204. The van der Waals surface area contributed by atoms with E-state index in [0.717, 1.165) is 32.8 Å². The van der Waals surface area contributed by atoms with Crippen LogP contribution < -0.4 is 11.1 Å². The summed E-state index contributed by atoms with van der Waals surface area (Å²) in [6.07, 6.45) is 0. The van der Waals surface area contributed by atoms with Crippen molar-refractivity contribution in [3.8, 4) is 0 Å². The number of nitrogens with one attached hydrogen (secondary N) is 1. The summed E-state index contributed by atoms with van der Waals surface area (Å²) in [5.41, 5.74) is 6.11. The minimum Gasteiger partial charge on any atom is -0.462 e. The number of nitrogens with two attached hydrogens (primary N) is 1. The first-order valence-electron chi connectivity index (χ1n) is 7.10. The van der Waals surface area contributed by atoms with Crippen molar-refractivity contribution in [2.24, 2.45) is 0 Å². The van der Waals surface area contributed by atoms with E-state index in [-0.39, 0.29) is 11.9 Å². The minimum atomic E-state index is -0.426. The lowest BCUT2D eigenvalue weighted by atomic mass is 10.2. The predicted molar refractivity (Wildman–Crippen MR) is 82.8 cm³/mol. The minimum absolute atomic E-state index is 0.177. The second kappa shape index (κ2) is 7.58. The fourth-order valence-electron chi connectivity index (χ4n) is 2.24. The van der Waals surface area contributed by atoms with Gasteiger partial charge in [0.2, 0.25) is 0 Å². The molecule has 7 nitrogen and oxygen atoms in total. The third-order valence-electron chi connectivity index (χ3n) is 3.21. The smallest absolute Gasteiger partial charge is 0.344 e. The average Bonchev–Trinajstić information content (AvgIpc) is 2.81. The molecule has 118 valence electrons. The summed E-state index contributed by atoms with van der Waals surface area (Å²) in [5, 5.41) is 3.98. The standard InChI is InChI=1S/C13H22N4O3S/c1-3-20-13(18)10-11(14)16-21-12(10)15-9(2)8-17-4-6-19-7-5-17/h9,15H,3-8H2,1-2H3,(H2,14,16). The molecule has 0 amide bonds. The normalized spacial score (nSPS) is 17.4. The average molecular weight is 314 g/mol. The Morgan fingerprint density at radius 1 is 1.57 bits per heavy atom. The van der Waals surface area contributed by atoms with Crippen molar-refractivity contribution in [1.82, 2.24) is 9.27 Å². The van der Waals surface area contributed by atoms with E-state index >= 15 is 0 Å². The maximum absolute atomic E-state index is 11.9. The van der Waals surface area contributed by atoms with E-state index in [2.05, 4.69) is 21.5 Å². The van der Waals surface area contributed by atoms with Crippen LogP contribution in [0.25, 0.3) is 0 Å². The lowest BCUT2D eigenvalue weighted by Gasteiger charge is -2.29. The van der Waals surface area contributed by atoms with Crippen LogP contribution >= 0.6 is 11.5 Å². The van der Waals surface area contributed by atoms with Gasteiger partial charge in [0, 0.05) is 25.7 Å². The van der Waals surface area contributed by atoms with Gasteiger partial charge in [-0.3, -0.25) is 4.90 Å². The molecule has 8 heteroatoms. The largest absolute Gasteiger partial charge is 0.462 e. The molecule has 0 radical (unpaired) electrons. The molecule has 1 fully saturated rings. The number of carbonyl (C=O) groups excluding carboxylic acids is 1. The Balaban J connectivity index is 1.96. The third kappa shape index (κ3) is 4.29. The van der Waals surface area contributed by atoms with Crippen LogP contribution in [0.1, 0.15) is 24.2 Å². The summed E-state index contributed by atoms with van der Waals surface area (Å²) in [4.78, 5) is 14.2. The van der Waals surface area contributed by atoms with E-state index in [1.807, 2.05) is 0 Å². The van der Waals surface area contributed by atoms with Crippen LogP contribution in [0.15, 0.2) is 0 Å². The Hall–Kier alpha value is -1.38. The maximum atomic E-state index is 11.9. The molecule has 1 aliphatic heterocycles. The number of esters is 1. The molecule has 2 heterocycles. The van der Waals surface area contributed by atoms with Crippen LogP contribution in [0.2, 0.25) is 0 Å². The highest BCUT2D eigenvalue weighted by Crippen LogP contribution is 2.28. The van der Waals surface area contributed by atoms with E-state index in [0.29, 0.717) is 17.2 Å². The number of nitrogens with zero attached hydrogens (tertiary/aromatic N) is 2. The molecule has 0 aromatic carbocycles. The van der Waals surface area contributed by atoms with Crippen molar-refractivity contribution in [3.05, 3.63) is 5.56 Å². The monoisotopic (exact) mass is 314 g/mol. The van der Waals surface area contributed by atoms with E-state index in [9.17, 15) is 4.79 Å². The number of morpholine rings is 1. The Kier molecular flexibility index (Phi) is 5.77. The first-order chi connectivity index (χ1) is 10.1. The first kappa shape index (κ1) is 16.0. The zero-order chi connectivity index (χ0) is 15.2. The predicted octanol–water partition coefficient (Wildman–Crippen LogP) is 1.03. The second-order valence-electron chi connectivity index (χ2n) is 4.95. The quantitative estimate of drug-likeness (QED) is 0.758. The summed E-state index contributed by atoms with van der Waals surface area (Å²) >= 11 is 1.19. The second-order valence-corrected chi connectivity index (χ2v) is 5.72. The van der Waals surface area contributed by atoms with Gasteiger partial charge in [-0.1, -0.05) is 0 Å². The topological polar surface area (TPSA) is 89.7 Å². The van der Waals surface area contributed by atoms with Crippen LogP contribution in [-0.4, -0.2) is 60.7 Å². The van der Waals surface area contributed by atoms with E-state index in [4.69, 9.17) is 15.2 Å². The van der Waals surface area contributed by atoms with Crippen molar-refractivity contribution in [2.75, 3.05) is 50.5 Å². The molecule has 0 aliphatic carbocycles. The SMILES string of the molecule is CCOC(=O)c1c(N)nsc1NC(C)CN1CCOCC1. The zero-order valence-electron chi connectivity index (χ0n) is 12.4. The van der Waals surface area contributed by atoms with E-state index in [1.165, 1.54) is 11.5 Å². The van der Waals surface area contributed by atoms with Crippen LogP contribution in [0.5, 0.6) is 0 Å². The van der Waals surface area contributed by atoms with Gasteiger partial charge in [0.05, 0.1) is 19.8 Å². The van der Waals surface area contributed by atoms with Gasteiger partial charge in [0.15, 0.2) is 5.82 Å². The van der Waals surface area contributed by atoms with Gasteiger partial charge < -0.3 is 20.5 Å². The lowest BCUT2D eigenvalue weighted by molar-refractivity contribution is 0.0368. The number of ether oxygens (including phenoxy) is 2. The molecule has 1 saturated heterocycles. The summed E-state index contributed by atoms with van der Waals surface area (Å²) < 4.78 is 14.4.